The summed E-state index contributed by atoms with van der Waals surface area (Å²) in [5, 5.41) is 4.66. The second-order valence-corrected chi connectivity index (χ2v) is 5.51. The molecule has 0 unspecified atom stereocenters. The zero-order valence-corrected chi connectivity index (χ0v) is 11.8. The highest BCUT2D eigenvalue weighted by molar-refractivity contribution is 6.07. The largest absolute Gasteiger partial charge is 0.338 e. The molecule has 6 nitrogen and oxygen atoms in total. The van der Waals surface area contributed by atoms with Crippen LogP contribution in [0.5, 0.6) is 0 Å². The number of likely N-dealkylation sites (tertiary alicyclic amines) is 1. The van der Waals surface area contributed by atoms with Crippen LogP contribution in [0.1, 0.15) is 23.2 Å². The first-order valence-electron chi connectivity index (χ1n) is 6.90. The molecule has 2 heterocycles. The Kier molecular flexibility index (Phi) is 3.50. The second-order valence-electron chi connectivity index (χ2n) is 5.51. The molecule has 122 valence electrons. The number of halogens is 3. The molecule has 2 N–H and O–H groups in total. The van der Waals surface area contributed by atoms with Crippen molar-refractivity contribution in [1.82, 2.24) is 15.5 Å². The Morgan fingerprint density at radius 3 is 2.30 bits per heavy atom. The van der Waals surface area contributed by atoms with Crippen molar-refractivity contribution in [1.29, 1.82) is 0 Å². The minimum atomic E-state index is -1.70. The molecular formula is C14H12F3N3O3. The third-order valence-corrected chi connectivity index (χ3v) is 4.18. The van der Waals surface area contributed by atoms with Gasteiger partial charge in [-0.1, -0.05) is 0 Å². The van der Waals surface area contributed by atoms with Gasteiger partial charge in [-0.3, -0.25) is 14.9 Å². The number of urea groups is 1. The van der Waals surface area contributed by atoms with Crippen LogP contribution in [0, 0.1) is 17.5 Å². The van der Waals surface area contributed by atoms with Crippen LogP contribution < -0.4 is 10.6 Å². The molecule has 3 rings (SSSR count). The van der Waals surface area contributed by atoms with Gasteiger partial charge in [-0.15, -0.1) is 0 Å². The van der Waals surface area contributed by atoms with Crippen LogP contribution in [0.2, 0.25) is 0 Å². The molecule has 2 saturated heterocycles. The summed E-state index contributed by atoms with van der Waals surface area (Å²) in [7, 11) is 0. The summed E-state index contributed by atoms with van der Waals surface area (Å²) in [6, 6.07) is 0.966. The monoisotopic (exact) mass is 327 g/mol. The summed E-state index contributed by atoms with van der Waals surface area (Å²) in [6.45, 7) is 0.149. The van der Waals surface area contributed by atoms with Crippen molar-refractivity contribution in [3.8, 4) is 0 Å². The van der Waals surface area contributed by atoms with E-state index in [0.717, 1.165) is 6.07 Å². The molecule has 4 amide bonds. The van der Waals surface area contributed by atoms with E-state index in [1.165, 1.54) is 4.90 Å². The number of piperidine rings is 1. The molecule has 1 spiro atoms. The summed E-state index contributed by atoms with van der Waals surface area (Å²) in [6.07, 6.45) is 0.309. The lowest BCUT2D eigenvalue weighted by atomic mass is 9.87. The summed E-state index contributed by atoms with van der Waals surface area (Å²) in [5.41, 5.74) is -1.64. The molecule has 0 bridgehead atoms. The molecule has 23 heavy (non-hydrogen) atoms. The van der Waals surface area contributed by atoms with E-state index in [-0.39, 0.29) is 25.9 Å². The van der Waals surface area contributed by atoms with Crippen molar-refractivity contribution in [3.05, 3.63) is 35.1 Å². The SMILES string of the molecule is O=C1NC(=O)C2(CCN(C(=O)c3ccc(F)c(F)c3F)CC2)N1. The van der Waals surface area contributed by atoms with Gasteiger partial charge >= 0.3 is 6.03 Å². The fourth-order valence-corrected chi connectivity index (χ4v) is 2.83. The lowest BCUT2D eigenvalue weighted by Crippen LogP contribution is -2.55. The Labute approximate surface area is 128 Å². The van der Waals surface area contributed by atoms with Gasteiger partial charge in [-0.2, -0.15) is 0 Å². The Balaban J connectivity index is 1.76. The number of nitrogens with zero attached hydrogens (tertiary/aromatic N) is 1. The van der Waals surface area contributed by atoms with Gasteiger partial charge in [0, 0.05) is 13.1 Å². The van der Waals surface area contributed by atoms with E-state index in [1.807, 2.05) is 0 Å². The Morgan fingerprint density at radius 2 is 1.74 bits per heavy atom. The number of benzene rings is 1. The maximum Gasteiger partial charge on any atom is 0.322 e. The molecule has 2 aliphatic heterocycles. The molecule has 2 fully saturated rings. The van der Waals surface area contributed by atoms with Crippen molar-refractivity contribution in [2.24, 2.45) is 0 Å². The van der Waals surface area contributed by atoms with E-state index in [0.29, 0.717) is 6.07 Å². The van der Waals surface area contributed by atoms with Crippen LogP contribution in [0.25, 0.3) is 0 Å². The highest BCUT2D eigenvalue weighted by atomic mass is 19.2. The normalized spacial score (nSPS) is 19.7. The Hall–Kier alpha value is -2.58. The molecule has 0 radical (unpaired) electrons. The summed E-state index contributed by atoms with van der Waals surface area (Å²) < 4.78 is 39.8. The van der Waals surface area contributed by atoms with Gasteiger partial charge in [0.1, 0.15) is 5.54 Å². The average molecular weight is 327 g/mol. The summed E-state index contributed by atoms with van der Waals surface area (Å²) in [4.78, 5) is 36.5. The number of imide groups is 1. The van der Waals surface area contributed by atoms with E-state index in [1.54, 1.807) is 0 Å². The first kappa shape index (κ1) is 15.3. The second kappa shape index (κ2) is 5.25. The van der Waals surface area contributed by atoms with Gasteiger partial charge in [0.05, 0.1) is 5.56 Å². The topological polar surface area (TPSA) is 78.5 Å². The molecule has 0 saturated carbocycles. The molecule has 1 aromatic rings. The number of hydrogen-bond acceptors (Lipinski definition) is 3. The number of carbonyl (C=O) groups excluding carboxylic acids is 3. The molecule has 0 aromatic heterocycles. The standard InChI is InChI=1S/C14H12F3N3O3/c15-8-2-1-7(9(16)10(8)17)11(21)20-5-3-14(4-6-20)12(22)18-13(23)19-14/h1-2H,3-6H2,(H2,18,19,22,23). The zero-order valence-electron chi connectivity index (χ0n) is 11.8. The quantitative estimate of drug-likeness (QED) is 0.595. The number of hydrogen-bond donors (Lipinski definition) is 2. The van der Waals surface area contributed by atoms with Gasteiger partial charge in [0.15, 0.2) is 17.5 Å². The van der Waals surface area contributed by atoms with Crippen molar-refractivity contribution in [2.75, 3.05) is 13.1 Å². The van der Waals surface area contributed by atoms with E-state index in [9.17, 15) is 27.6 Å². The zero-order chi connectivity index (χ0) is 16.8. The molecule has 0 atom stereocenters. The predicted molar refractivity (Wildman–Crippen MR) is 70.9 cm³/mol. The van der Waals surface area contributed by atoms with E-state index < -0.39 is 46.4 Å². The van der Waals surface area contributed by atoms with E-state index in [4.69, 9.17) is 0 Å². The van der Waals surface area contributed by atoms with Gasteiger partial charge < -0.3 is 10.2 Å². The summed E-state index contributed by atoms with van der Waals surface area (Å²) >= 11 is 0. The lowest BCUT2D eigenvalue weighted by Gasteiger charge is -2.37. The molecule has 0 aliphatic carbocycles. The average Bonchev–Trinajstić information content (AvgIpc) is 2.79. The van der Waals surface area contributed by atoms with E-state index >= 15 is 0 Å². The van der Waals surface area contributed by atoms with Crippen molar-refractivity contribution in [3.63, 3.8) is 0 Å². The minimum Gasteiger partial charge on any atom is -0.338 e. The van der Waals surface area contributed by atoms with Crippen LogP contribution >= 0.6 is 0 Å². The molecule has 1 aromatic carbocycles. The molecule has 9 heteroatoms. The van der Waals surface area contributed by atoms with Crippen molar-refractivity contribution < 1.29 is 27.6 Å². The van der Waals surface area contributed by atoms with Gasteiger partial charge in [-0.05, 0) is 25.0 Å². The first-order chi connectivity index (χ1) is 10.8. The minimum absolute atomic E-state index is 0.0744. The van der Waals surface area contributed by atoms with Gasteiger partial charge in [-0.25, -0.2) is 18.0 Å². The number of nitrogens with one attached hydrogen (secondary N) is 2. The van der Waals surface area contributed by atoms with Gasteiger partial charge in [0.2, 0.25) is 0 Å². The van der Waals surface area contributed by atoms with Crippen molar-refractivity contribution in [2.45, 2.75) is 18.4 Å². The maximum atomic E-state index is 13.7. The van der Waals surface area contributed by atoms with Crippen LogP contribution in [-0.4, -0.2) is 41.4 Å². The van der Waals surface area contributed by atoms with Crippen LogP contribution in [0.4, 0.5) is 18.0 Å². The number of rotatable bonds is 1. The highest BCUT2D eigenvalue weighted by Crippen LogP contribution is 2.27. The predicted octanol–water partition coefficient (Wildman–Crippen LogP) is 0.918. The van der Waals surface area contributed by atoms with Crippen LogP contribution in [0.15, 0.2) is 12.1 Å². The summed E-state index contributed by atoms with van der Waals surface area (Å²) in [5.74, 6) is -5.87. The molecule has 2 aliphatic rings. The maximum absolute atomic E-state index is 13.7. The number of carbonyl (C=O) groups is 3. The highest BCUT2D eigenvalue weighted by Gasteiger charge is 2.48. The van der Waals surface area contributed by atoms with E-state index in [2.05, 4.69) is 10.6 Å². The lowest BCUT2D eigenvalue weighted by molar-refractivity contribution is -0.125. The third kappa shape index (κ3) is 2.41. The fraction of sp³-hybridized carbons (Fsp3) is 0.357. The molecular weight excluding hydrogens is 315 g/mol. The Bertz CT molecular complexity index is 715. The van der Waals surface area contributed by atoms with Crippen molar-refractivity contribution >= 4 is 17.8 Å². The number of amides is 4. The van der Waals surface area contributed by atoms with Crippen LogP contribution in [0.3, 0.4) is 0 Å². The Morgan fingerprint density at radius 1 is 1.09 bits per heavy atom. The first-order valence-corrected chi connectivity index (χ1v) is 6.90. The van der Waals surface area contributed by atoms with Crippen LogP contribution in [-0.2, 0) is 4.79 Å². The van der Waals surface area contributed by atoms with Gasteiger partial charge in [0.25, 0.3) is 11.8 Å². The third-order valence-electron chi connectivity index (χ3n) is 4.18. The smallest absolute Gasteiger partial charge is 0.322 e. The fourth-order valence-electron chi connectivity index (χ4n) is 2.83.